The number of hydrogen-bond acceptors (Lipinski definition) is 2. The van der Waals surface area contributed by atoms with Gasteiger partial charge in [-0.3, -0.25) is 4.79 Å². The van der Waals surface area contributed by atoms with Gasteiger partial charge in [0.05, 0.1) is 6.54 Å². The van der Waals surface area contributed by atoms with Crippen molar-refractivity contribution in [3.63, 3.8) is 0 Å². The summed E-state index contributed by atoms with van der Waals surface area (Å²) in [6.45, 7) is 2.09. The van der Waals surface area contributed by atoms with Crippen LogP contribution in [-0.2, 0) is 4.79 Å². The molecule has 0 atom stereocenters. The van der Waals surface area contributed by atoms with Gasteiger partial charge in [0.2, 0.25) is 5.91 Å². The second kappa shape index (κ2) is 6.69. The lowest BCUT2D eigenvalue weighted by Crippen LogP contribution is -2.22. The fraction of sp³-hybridized carbons (Fsp3) is 0.133. The van der Waals surface area contributed by atoms with Crippen LogP contribution in [-0.4, -0.2) is 12.5 Å². The highest BCUT2D eigenvalue weighted by Gasteiger charge is 2.05. The maximum absolute atomic E-state index is 12.7. The second-order valence-corrected chi connectivity index (χ2v) is 5.61. The molecule has 0 spiro atoms. The molecule has 2 N–H and O–H groups in total. The van der Waals surface area contributed by atoms with Crippen molar-refractivity contribution in [2.24, 2.45) is 0 Å². The van der Waals surface area contributed by atoms with Gasteiger partial charge < -0.3 is 10.6 Å². The zero-order valence-electron chi connectivity index (χ0n) is 10.9. The van der Waals surface area contributed by atoms with Crippen molar-refractivity contribution in [2.75, 3.05) is 17.2 Å². The van der Waals surface area contributed by atoms with Gasteiger partial charge >= 0.3 is 0 Å². The monoisotopic (exact) mass is 384 g/mol. The lowest BCUT2D eigenvalue weighted by atomic mass is 10.2. The molecule has 0 saturated carbocycles. The first kappa shape index (κ1) is 14.8. The van der Waals surface area contributed by atoms with Crippen molar-refractivity contribution < 1.29 is 9.18 Å². The Labute approximate surface area is 130 Å². The molecule has 3 nitrogen and oxygen atoms in total. The van der Waals surface area contributed by atoms with Crippen LogP contribution >= 0.6 is 22.6 Å². The minimum atomic E-state index is -0.297. The predicted octanol–water partition coefficient (Wildman–Crippen LogP) is 3.79. The Balaban J connectivity index is 1.90. The van der Waals surface area contributed by atoms with Crippen LogP contribution < -0.4 is 10.6 Å². The van der Waals surface area contributed by atoms with Gasteiger partial charge in [-0.15, -0.1) is 0 Å². The molecule has 5 heteroatoms. The summed E-state index contributed by atoms with van der Waals surface area (Å²) in [5, 5.41) is 5.78. The van der Waals surface area contributed by atoms with Crippen molar-refractivity contribution in [2.45, 2.75) is 6.92 Å². The van der Waals surface area contributed by atoms with E-state index < -0.39 is 0 Å². The van der Waals surface area contributed by atoms with E-state index in [0.29, 0.717) is 5.69 Å². The third-order valence-electron chi connectivity index (χ3n) is 2.76. The topological polar surface area (TPSA) is 41.1 Å². The fourth-order valence-corrected chi connectivity index (χ4v) is 2.36. The SMILES string of the molecule is Cc1cc(I)ccc1NC(=O)CNc1ccc(F)cc1. The molecular formula is C15H14FIN2O. The Morgan fingerprint density at radius 1 is 1.20 bits per heavy atom. The highest BCUT2D eigenvalue weighted by atomic mass is 127. The van der Waals surface area contributed by atoms with Gasteiger partial charge in [0.15, 0.2) is 0 Å². The van der Waals surface area contributed by atoms with E-state index in [4.69, 9.17) is 0 Å². The summed E-state index contributed by atoms with van der Waals surface area (Å²) in [5.41, 5.74) is 2.53. The predicted molar refractivity (Wildman–Crippen MR) is 87.4 cm³/mol. The van der Waals surface area contributed by atoms with Gasteiger partial charge in [0.1, 0.15) is 5.82 Å². The summed E-state index contributed by atoms with van der Waals surface area (Å²) in [6.07, 6.45) is 0. The van der Waals surface area contributed by atoms with E-state index in [1.807, 2.05) is 25.1 Å². The molecule has 0 radical (unpaired) electrons. The Bertz CT molecular complexity index is 614. The third kappa shape index (κ3) is 4.19. The van der Waals surface area contributed by atoms with Crippen molar-refractivity contribution >= 4 is 39.9 Å². The second-order valence-electron chi connectivity index (χ2n) is 4.37. The average Bonchev–Trinajstić information content (AvgIpc) is 2.41. The first-order valence-corrected chi connectivity index (χ1v) is 7.18. The molecule has 0 bridgehead atoms. The minimum absolute atomic E-state index is 0.136. The lowest BCUT2D eigenvalue weighted by Gasteiger charge is -2.10. The summed E-state index contributed by atoms with van der Waals surface area (Å²) in [6, 6.07) is 11.7. The smallest absolute Gasteiger partial charge is 0.243 e. The van der Waals surface area contributed by atoms with Crippen molar-refractivity contribution in [3.05, 3.63) is 57.4 Å². The standard InChI is InChI=1S/C15H14FIN2O/c1-10-8-12(17)4-7-14(10)19-15(20)9-18-13-5-2-11(16)3-6-13/h2-8,18H,9H2,1H3,(H,19,20). The van der Waals surface area contributed by atoms with Gasteiger partial charge in [0, 0.05) is 14.9 Å². The number of carbonyl (C=O) groups excluding carboxylic acids is 1. The van der Waals surface area contributed by atoms with Gasteiger partial charge in [-0.25, -0.2) is 4.39 Å². The molecular weight excluding hydrogens is 370 g/mol. The van der Waals surface area contributed by atoms with Crippen LogP contribution in [0.3, 0.4) is 0 Å². The molecule has 0 saturated heterocycles. The number of halogens is 2. The number of carbonyl (C=O) groups is 1. The normalized spacial score (nSPS) is 10.2. The van der Waals surface area contributed by atoms with E-state index in [1.165, 1.54) is 12.1 Å². The Morgan fingerprint density at radius 2 is 1.90 bits per heavy atom. The quantitative estimate of drug-likeness (QED) is 0.788. The van der Waals surface area contributed by atoms with E-state index in [-0.39, 0.29) is 18.3 Å². The fourth-order valence-electron chi connectivity index (χ4n) is 1.71. The average molecular weight is 384 g/mol. The first-order valence-electron chi connectivity index (χ1n) is 6.10. The number of amides is 1. The highest BCUT2D eigenvalue weighted by Crippen LogP contribution is 2.17. The van der Waals surface area contributed by atoms with Crippen LogP contribution in [0.25, 0.3) is 0 Å². The number of benzene rings is 2. The highest BCUT2D eigenvalue weighted by molar-refractivity contribution is 14.1. The molecule has 2 rings (SSSR count). The summed E-state index contributed by atoms with van der Waals surface area (Å²) in [7, 11) is 0. The summed E-state index contributed by atoms with van der Waals surface area (Å²) >= 11 is 2.23. The van der Waals surface area contributed by atoms with Crippen LogP contribution in [0.5, 0.6) is 0 Å². The van der Waals surface area contributed by atoms with Gasteiger partial charge in [0.25, 0.3) is 0 Å². The molecule has 0 aliphatic heterocycles. The van der Waals surface area contributed by atoms with E-state index in [2.05, 4.69) is 33.2 Å². The Morgan fingerprint density at radius 3 is 2.55 bits per heavy atom. The summed E-state index contributed by atoms with van der Waals surface area (Å²) < 4.78 is 13.9. The van der Waals surface area contributed by atoms with Crippen LogP contribution in [0.15, 0.2) is 42.5 Å². The molecule has 104 valence electrons. The maximum atomic E-state index is 12.7. The third-order valence-corrected chi connectivity index (χ3v) is 3.43. The van der Waals surface area contributed by atoms with E-state index in [0.717, 1.165) is 14.8 Å². The zero-order chi connectivity index (χ0) is 14.5. The van der Waals surface area contributed by atoms with Crippen LogP contribution in [0, 0.1) is 16.3 Å². The number of aryl methyl sites for hydroxylation is 1. The molecule has 0 aromatic heterocycles. The summed E-state index contributed by atoms with van der Waals surface area (Å²) in [5.74, 6) is -0.437. The van der Waals surface area contributed by atoms with Crippen LogP contribution in [0.1, 0.15) is 5.56 Å². The van der Waals surface area contributed by atoms with Crippen molar-refractivity contribution in [3.8, 4) is 0 Å². The molecule has 20 heavy (non-hydrogen) atoms. The molecule has 1 amide bonds. The van der Waals surface area contributed by atoms with E-state index in [1.54, 1.807) is 12.1 Å². The molecule has 0 aliphatic carbocycles. The van der Waals surface area contributed by atoms with E-state index >= 15 is 0 Å². The lowest BCUT2D eigenvalue weighted by molar-refractivity contribution is -0.114. The van der Waals surface area contributed by atoms with Crippen LogP contribution in [0.2, 0.25) is 0 Å². The molecule has 2 aromatic carbocycles. The zero-order valence-corrected chi connectivity index (χ0v) is 13.1. The van der Waals surface area contributed by atoms with Gasteiger partial charge in [-0.05, 0) is 77.5 Å². The number of anilines is 2. The van der Waals surface area contributed by atoms with Gasteiger partial charge in [-0.1, -0.05) is 0 Å². The van der Waals surface area contributed by atoms with Crippen LogP contribution in [0.4, 0.5) is 15.8 Å². The molecule has 2 aromatic rings. The first-order chi connectivity index (χ1) is 9.54. The van der Waals surface area contributed by atoms with Gasteiger partial charge in [-0.2, -0.15) is 0 Å². The minimum Gasteiger partial charge on any atom is -0.376 e. The number of hydrogen-bond donors (Lipinski definition) is 2. The molecule has 0 fully saturated rings. The summed E-state index contributed by atoms with van der Waals surface area (Å²) in [4.78, 5) is 11.8. The Kier molecular flexibility index (Phi) is 4.94. The maximum Gasteiger partial charge on any atom is 0.243 e. The Hall–Kier alpha value is -1.63. The number of nitrogens with one attached hydrogen (secondary N) is 2. The molecule has 0 unspecified atom stereocenters. The molecule has 0 aliphatic rings. The molecule has 0 heterocycles. The van der Waals surface area contributed by atoms with E-state index in [9.17, 15) is 9.18 Å². The van der Waals surface area contributed by atoms with Crippen molar-refractivity contribution in [1.82, 2.24) is 0 Å². The largest absolute Gasteiger partial charge is 0.376 e. The van der Waals surface area contributed by atoms with Crippen molar-refractivity contribution in [1.29, 1.82) is 0 Å². The number of rotatable bonds is 4.